The molecule has 0 heterocycles. The van der Waals surface area contributed by atoms with Crippen molar-refractivity contribution in [3.8, 4) is 11.1 Å². The summed E-state index contributed by atoms with van der Waals surface area (Å²) in [4.78, 5) is 12.5. The quantitative estimate of drug-likeness (QED) is 0.673. The molecule has 0 amide bonds. The molecule has 0 aliphatic heterocycles. The first-order valence-corrected chi connectivity index (χ1v) is 7.34. The number of rotatable bonds is 5. The van der Waals surface area contributed by atoms with Crippen LogP contribution in [0, 0.1) is 12.8 Å². The van der Waals surface area contributed by atoms with E-state index in [4.69, 9.17) is 0 Å². The summed E-state index contributed by atoms with van der Waals surface area (Å²) < 4.78 is 0. The van der Waals surface area contributed by atoms with Crippen LogP contribution in [0.15, 0.2) is 48.5 Å². The van der Waals surface area contributed by atoms with E-state index >= 15 is 0 Å². The normalized spacial score (nSPS) is 12.2. The number of carbonyl (C=O) groups is 1. The van der Waals surface area contributed by atoms with Crippen LogP contribution in [0.2, 0.25) is 0 Å². The van der Waals surface area contributed by atoms with Crippen molar-refractivity contribution in [3.05, 3.63) is 59.7 Å². The molecule has 0 saturated carbocycles. The summed E-state index contributed by atoms with van der Waals surface area (Å²) in [5.41, 5.74) is 4.28. The fourth-order valence-electron chi connectivity index (χ4n) is 2.66. The lowest BCUT2D eigenvalue weighted by Crippen LogP contribution is -2.12. The van der Waals surface area contributed by atoms with E-state index in [0.29, 0.717) is 0 Å². The van der Waals surface area contributed by atoms with Gasteiger partial charge in [-0.15, -0.1) is 0 Å². The topological polar surface area (TPSA) is 17.1 Å². The summed E-state index contributed by atoms with van der Waals surface area (Å²) in [6.45, 7) is 6.20. The summed E-state index contributed by atoms with van der Waals surface area (Å²) >= 11 is 0. The van der Waals surface area contributed by atoms with E-state index in [1.54, 1.807) is 0 Å². The first-order chi connectivity index (χ1) is 9.65. The van der Waals surface area contributed by atoms with E-state index in [0.717, 1.165) is 29.5 Å². The van der Waals surface area contributed by atoms with Crippen molar-refractivity contribution in [2.24, 2.45) is 5.92 Å². The zero-order chi connectivity index (χ0) is 14.5. The molecule has 0 aliphatic rings. The summed E-state index contributed by atoms with van der Waals surface area (Å²) in [5, 5.41) is 0. The van der Waals surface area contributed by atoms with Crippen molar-refractivity contribution < 1.29 is 4.79 Å². The molecule has 0 spiro atoms. The molecule has 2 aromatic rings. The Bertz CT molecular complexity index is 584. The van der Waals surface area contributed by atoms with Crippen LogP contribution in [0.3, 0.4) is 0 Å². The fraction of sp³-hybridized carbons (Fsp3) is 0.316. The molecular formula is C19H22O. The van der Waals surface area contributed by atoms with Gasteiger partial charge >= 0.3 is 0 Å². The molecule has 0 N–H and O–H groups in total. The largest absolute Gasteiger partial charge is 0.294 e. The zero-order valence-electron chi connectivity index (χ0n) is 12.5. The molecule has 2 rings (SSSR count). The summed E-state index contributed by atoms with van der Waals surface area (Å²) in [6.07, 6.45) is 2.00. The lowest BCUT2D eigenvalue weighted by atomic mass is 9.89. The summed E-state index contributed by atoms with van der Waals surface area (Å²) in [6, 6.07) is 16.3. The van der Waals surface area contributed by atoms with Gasteiger partial charge in [-0.1, -0.05) is 68.8 Å². The van der Waals surface area contributed by atoms with Crippen molar-refractivity contribution in [3.63, 3.8) is 0 Å². The second kappa shape index (κ2) is 6.51. The summed E-state index contributed by atoms with van der Waals surface area (Å²) in [7, 11) is 0. The number of benzene rings is 2. The molecule has 1 heteroatoms. The van der Waals surface area contributed by atoms with Crippen LogP contribution >= 0.6 is 0 Å². The molecule has 0 aromatic heterocycles. The maximum atomic E-state index is 12.5. The van der Waals surface area contributed by atoms with E-state index in [-0.39, 0.29) is 11.7 Å². The van der Waals surface area contributed by atoms with Crippen LogP contribution < -0.4 is 0 Å². The Kier molecular flexibility index (Phi) is 4.73. The molecule has 0 bridgehead atoms. The molecular weight excluding hydrogens is 244 g/mol. The minimum absolute atomic E-state index is 0.102. The first kappa shape index (κ1) is 14.5. The number of hydrogen-bond acceptors (Lipinski definition) is 1. The average Bonchev–Trinajstić information content (AvgIpc) is 2.48. The van der Waals surface area contributed by atoms with Gasteiger partial charge in [-0.05, 0) is 30.0 Å². The van der Waals surface area contributed by atoms with Crippen molar-refractivity contribution in [2.45, 2.75) is 33.6 Å². The smallest absolute Gasteiger partial charge is 0.165 e. The Balaban J connectivity index is 2.40. The molecule has 1 unspecified atom stereocenters. The fourth-order valence-corrected chi connectivity index (χ4v) is 2.66. The third kappa shape index (κ3) is 2.98. The Hall–Kier alpha value is -1.89. The van der Waals surface area contributed by atoms with Gasteiger partial charge in [0.05, 0.1) is 0 Å². The zero-order valence-corrected chi connectivity index (χ0v) is 12.5. The van der Waals surface area contributed by atoms with Crippen LogP contribution in [-0.2, 0) is 0 Å². The molecule has 0 aliphatic carbocycles. The van der Waals surface area contributed by atoms with Gasteiger partial charge < -0.3 is 0 Å². The highest BCUT2D eigenvalue weighted by atomic mass is 16.1. The van der Waals surface area contributed by atoms with Crippen molar-refractivity contribution in [2.75, 3.05) is 0 Å². The van der Waals surface area contributed by atoms with Crippen LogP contribution in [-0.4, -0.2) is 5.78 Å². The second-order valence-electron chi connectivity index (χ2n) is 5.40. The third-order valence-electron chi connectivity index (χ3n) is 3.85. The Morgan fingerprint density at radius 1 is 1.05 bits per heavy atom. The highest BCUT2D eigenvalue weighted by Gasteiger charge is 2.17. The maximum Gasteiger partial charge on any atom is 0.165 e. The Morgan fingerprint density at radius 2 is 1.75 bits per heavy atom. The molecule has 0 fully saturated rings. The highest BCUT2D eigenvalue weighted by Crippen LogP contribution is 2.27. The number of Topliss-reactive ketones (excluding diaryl/α,β-unsaturated/α-hetero) is 1. The van der Waals surface area contributed by atoms with E-state index < -0.39 is 0 Å². The van der Waals surface area contributed by atoms with Gasteiger partial charge in [-0.2, -0.15) is 0 Å². The predicted octanol–water partition coefficient (Wildman–Crippen LogP) is 5.28. The predicted molar refractivity (Wildman–Crippen MR) is 85.0 cm³/mol. The summed E-state index contributed by atoms with van der Waals surface area (Å²) in [5.74, 6) is 0.367. The Labute approximate surface area is 121 Å². The van der Waals surface area contributed by atoms with Crippen molar-refractivity contribution in [1.29, 1.82) is 0 Å². The molecule has 1 nitrogen and oxygen atoms in total. The third-order valence-corrected chi connectivity index (χ3v) is 3.85. The van der Waals surface area contributed by atoms with Gasteiger partial charge in [-0.25, -0.2) is 0 Å². The number of ketones is 1. The van der Waals surface area contributed by atoms with Crippen molar-refractivity contribution >= 4 is 5.78 Å². The van der Waals surface area contributed by atoms with Gasteiger partial charge in [-0.3, -0.25) is 4.79 Å². The number of hydrogen-bond donors (Lipinski definition) is 0. The molecule has 0 saturated heterocycles. The van der Waals surface area contributed by atoms with E-state index in [2.05, 4.69) is 25.1 Å². The minimum atomic E-state index is 0.102. The second-order valence-corrected chi connectivity index (χ2v) is 5.40. The first-order valence-electron chi connectivity index (χ1n) is 7.34. The van der Waals surface area contributed by atoms with Crippen LogP contribution in [0.5, 0.6) is 0 Å². The van der Waals surface area contributed by atoms with Gasteiger partial charge in [0.1, 0.15) is 0 Å². The SMILES string of the molecule is CCCC(C)C(=O)c1cccc(-c2ccccc2)c1C. The Morgan fingerprint density at radius 3 is 2.40 bits per heavy atom. The van der Waals surface area contributed by atoms with Crippen LogP contribution in [0.25, 0.3) is 11.1 Å². The number of carbonyl (C=O) groups excluding carboxylic acids is 1. The maximum absolute atomic E-state index is 12.5. The molecule has 20 heavy (non-hydrogen) atoms. The highest BCUT2D eigenvalue weighted by molar-refractivity contribution is 6.00. The van der Waals surface area contributed by atoms with Crippen molar-refractivity contribution in [1.82, 2.24) is 0 Å². The van der Waals surface area contributed by atoms with Gasteiger partial charge in [0.25, 0.3) is 0 Å². The van der Waals surface area contributed by atoms with E-state index in [1.807, 2.05) is 44.2 Å². The molecule has 0 radical (unpaired) electrons. The van der Waals surface area contributed by atoms with Crippen LogP contribution in [0.1, 0.15) is 42.6 Å². The van der Waals surface area contributed by atoms with Gasteiger partial charge in [0.2, 0.25) is 0 Å². The van der Waals surface area contributed by atoms with Gasteiger partial charge in [0, 0.05) is 11.5 Å². The van der Waals surface area contributed by atoms with Gasteiger partial charge in [0.15, 0.2) is 5.78 Å². The standard InChI is InChI=1S/C19H22O/c1-4-9-14(2)19(20)18-13-8-12-17(15(18)3)16-10-6-5-7-11-16/h5-8,10-14H,4,9H2,1-3H3. The molecule has 1 atom stereocenters. The lowest BCUT2D eigenvalue weighted by Gasteiger charge is -2.14. The lowest BCUT2D eigenvalue weighted by molar-refractivity contribution is 0.0923. The average molecular weight is 266 g/mol. The van der Waals surface area contributed by atoms with Crippen LogP contribution in [0.4, 0.5) is 0 Å². The van der Waals surface area contributed by atoms with E-state index in [1.165, 1.54) is 5.56 Å². The minimum Gasteiger partial charge on any atom is -0.294 e. The molecule has 104 valence electrons. The monoisotopic (exact) mass is 266 g/mol. The molecule has 2 aromatic carbocycles. The van der Waals surface area contributed by atoms with E-state index in [9.17, 15) is 4.79 Å².